The molecule has 1 aromatic heterocycles. The first-order valence-corrected chi connectivity index (χ1v) is 15.8. The van der Waals surface area contributed by atoms with Crippen LogP contribution in [0.5, 0.6) is 0 Å². The number of hydrogen-bond donors (Lipinski definition) is 2. The van der Waals surface area contributed by atoms with E-state index in [2.05, 4.69) is 4.98 Å². The maximum Gasteiger partial charge on any atom is 0.340 e. The summed E-state index contributed by atoms with van der Waals surface area (Å²) in [6.07, 6.45) is 2.74. The number of nitrogens with zero attached hydrogens (tertiary/aromatic N) is 1. The zero-order chi connectivity index (χ0) is 33.5. The van der Waals surface area contributed by atoms with Gasteiger partial charge in [-0.05, 0) is 75.9 Å². The molecule has 2 heterocycles. The molecule has 2 bridgehead atoms. The summed E-state index contributed by atoms with van der Waals surface area (Å²) < 4.78 is 25.5. The number of fused-ring (bicyclic) bond motifs is 1. The third-order valence-electron chi connectivity index (χ3n) is 10.2. The molecule has 246 valence electrons. The highest BCUT2D eigenvalue weighted by atomic mass is 16.6. The first-order valence-electron chi connectivity index (χ1n) is 15.8. The molecule has 2 N–H and O–H groups in total. The Morgan fingerprint density at radius 3 is 2.21 bits per heavy atom. The third-order valence-corrected chi connectivity index (χ3v) is 10.2. The number of carbonyl (C=O) groups is 3. The number of hydrogen-bond acceptors (Lipinski definition) is 10. The third kappa shape index (κ3) is 5.44. The summed E-state index contributed by atoms with van der Waals surface area (Å²) in [5.74, 6) is -2.63. The van der Waals surface area contributed by atoms with E-state index in [0.29, 0.717) is 0 Å². The second-order valence-electron chi connectivity index (χ2n) is 13.3. The minimum Gasteiger partial charge on any atom is -0.458 e. The van der Waals surface area contributed by atoms with Crippen LogP contribution < -0.4 is 0 Å². The van der Waals surface area contributed by atoms with Crippen LogP contribution >= 0.6 is 0 Å². The SMILES string of the molecule is CC1(C)O[C@]23[C@H](OC(=O)c4cccnc4)[C@H]1C[C@@H](OC(=O)C=Cc1ccccc1)[C@]2(CO)[C@@H](OC(=O)c1ccccc1)CC[C@]3(C)O. The molecular formula is C37H39NO9. The van der Waals surface area contributed by atoms with E-state index in [1.165, 1.54) is 18.5 Å². The summed E-state index contributed by atoms with van der Waals surface area (Å²) in [6, 6.07) is 20.8. The van der Waals surface area contributed by atoms with E-state index in [1.54, 1.807) is 55.5 Å². The van der Waals surface area contributed by atoms with Gasteiger partial charge >= 0.3 is 17.9 Å². The van der Waals surface area contributed by atoms with Gasteiger partial charge in [-0.25, -0.2) is 14.4 Å². The first-order chi connectivity index (χ1) is 22.4. The van der Waals surface area contributed by atoms with E-state index < -0.39 is 71.0 Å². The molecule has 6 rings (SSSR count). The summed E-state index contributed by atoms with van der Waals surface area (Å²) >= 11 is 0. The van der Waals surface area contributed by atoms with Gasteiger partial charge in [-0.2, -0.15) is 0 Å². The highest BCUT2D eigenvalue weighted by molar-refractivity contribution is 5.90. The lowest BCUT2D eigenvalue weighted by molar-refractivity contribution is -0.338. The average Bonchev–Trinajstić information content (AvgIpc) is 3.24. The molecule has 1 saturated heterocycles. The number of aliphatic hydroxyl groups excluding tert-OH is 1. The molecule has 10 nitrogen and oxygen atoms in total. The Hall–Kier alpha value is -4.38. The Kier molecular flexibility index (Phi) is 8.54. The topological polar surface area (TPSA) is 141 Å². The number of carbonyl (C=O) groups excluding carboxylic acids is 3. The fourth-order valence-electron chi connectivity index (χ4n) is 8.01. The van der Waals surface area contributed by atoms with Crippen LogP contribution in [0.1, 0.15) is 66.3 Å². The Labute approximate surface area is 273 Å². The summed E-state index contributed by atoms with van der Waals surface area (Å²) in [6.45, 7) is 4.47. The van der Waals surface area contributed by atoms with Gasteiger partial charge in [0.1, 0.15) is 29.3 Å². The van der Waals surface area contributed by atoms with Crippen molar-refractivity contribution in [2.24, 2.45) is 11.3 Å². The summed E-state index contributed by atoms with van der Waals surface area (Å²) in [5.41, 5.74) is -5.13. The van der Waals surface area contributed by atoms with Crippen molar-refractivity contribution in [3.05, 3.63) is 108 Å². The van der Waals surface area contributed by atoms with Crippen LogP contribution in [0.2, 0.25) is 0 Å². The maximum atomic E-state index is 13.6. The predicted molar refractivity (Wildman–Crippen MR) is 170 cm³/mol. The normalized spacial score (nSPS) is 32.3. The number of pyridine rings is 1. The van der Waals surface area contributed by atoms with Gasteiger partial charge in [0.25, 0.3) is 0 Å². The Morgan fingerprint density at radius 1 is 0.894 bits per heavy atom. The fourth-order valence-corrected chi connectivity index (χ4v) is 8.01. The van der Waals surface area contributed by atoms with Gasteiger partial charge < -0.3 is 29.2 Å². The van der Waals surface area contributed by atoms with E-state index in [4.69, 9.17) is 18.9 Å². The van der Waals surface area contributed by atoms with Crippen molar-refractivity contribution in [2.45, 2.75) is 75.1 Å². The number of ether oxygens (including phenoxy) is 4. The Morgan fingerprint density at radius 2 is 1.55 bits per heavy atom. The van der Waals surface area contributed by atoms with E-state index >= 15 is 0 Å². The lowest BCUT2D eigenvalue weighted by Gasteiger charge is -2.64. The van der Waals surface area contributed by atoms with Gasteiger partial charge in [0.2, 0.25) is 0 Å². The minimum atomic E-state index is -1.87. The predicted octanol–water partition coefficient (Wildman–Crippen LogP) is 4.55. The minimum absolute atomic E-state index is 0.0693. The lowest BCUT2D eigenvalue weighted by Crippen LogP contribution is -2.81. The molecule has 10 heteroatoms. The van der Waals surface area contributed by atoms with Gasteiger partial charge in [0, 0.05) is 24.4 Å². The Bertz CT molecular complexity index is 1640. The van der Waals surface area contributed by atoms with Crippen LogP contribution in [-0.2, 0) is 23.7 Å². The van der Waals surface area contributed by atoms with Gasteiger partial charge in [0.05, 0.1) is 28.9 Å². The molecule has 0 amide bonds. The second-order valence-corrected chi connectivity index (χ2v) is 13.3. The monoisotopic (exact) mass is 641 g/mol. The molecule has 2 saturated carbocycles. The molecule has 3 fully saturated rings. The van der Waals surface area contributed by atoms with Crippen LogP contribution in [0.3, 0.4) is 0 Å². The van der Waals surface area contributed by atoms with E-state index in [-0.39, 0.29) is 30.4 Å². The maximum absolute atomic E-state index is 13.6. The number of aromatic nitrogens is 1. The van der Waals surface area contributed by atoms with Crippen LogP contribution in [0.25, 0.3) is 6.08 Å². The van der Waals surface area contributed by atoms with Crippen molar-refractivity contribution in [3.8, 4) is 0 Å². The van der Waals surface area contributed by atoms with Crippen LogP contribution in [0.4, 0.5) is 0 Å². The van der Waals surface area contributed by atoms with Crippen LogP contribution in [0, 0.1) is 11.3 Å². The van der Waals surface area contributed by atoms with Gasteiger partial charge in [-0.15, -0.1) is 0 Å². The Balaban J connectivity index is 1.47. The van der Waals surface area contributed by atoms with E-state index in [9.17, 15) is 24.6 Å². The van der Waals surface area contributed by atoms with Crippen LogP contribution in [-0.4, -0.2) is 74.8 Å². The van der Waals surface area contributed by atoms with Crippen molar-refractivity contribution in [2.75, 3.05) is 6.61 Å². The summed E-state index contributed by atoms with van der Waals surface area (Å²) in [7, 11) is 0. The molecule has 1 aliphatic heterocycles. The fraction of sp³-hybridized carbons (Fsp3) is 0.405. The van der Waals surface area contributed by atoms with Crippen molar-refractivity contribution in [1.82, 2.24) is 4.98 Å². The molecule has 0 unspecified atom stereocenters. The zero-order valence-electron chi connectivity index (χ0n) is 26.6. The molecule has 0 radical (unpaired) electrons. The lowest BCUT2D eigenvalue weighted by atomic mass is 9.47. The summed E-state index contributed by atoms with van der Waals surface area (Å²) in [5, 5.41) is 23.9. The standard InChI is InChI=1S/C37H39NO9/c1-34(2)27-21-29(44-30(40)17-16-24-11-6-4-7-12-24)36(23-39)28(45-32(41)25-13-8-5-9-14-25)18-19-35(3,43)37(36,47-34)31(27)46-33(42)26-15-10-20-38-22-26/h4-17,20,22,27-29,31,39,43H,18-19,21,23H2,1-3H3/t27-,28+,29-,31-,35+,36+,37+/m1/s1. The highest BCUT2D eigenvalue weighted by Gasteiger charge is 2.84. The highest BCUT2D eigenvalue weighted by Crippen LogP contribution is 2.68. The zero-order valence-corrected chi connectivity index (χ0v) is 26.6. The molecule has 7 atom stereocenters. The van der Waals surface area contributed by atoms with Crippen molar-refractivity contribution < 1.29 is 43.5 Å². The van der Waals surface area contributed by atoms with Crippen molar-refractivity contribution in [3.63, 3.8) is 0 Å². The van der Waals surface area contributed by atoms with Crippen molar-refractivity contribution >= 4 is 24.0 Å². The average molecular weight is 642 g/mol. The molecule has 1 spiro atoms. The van der Waals surface area contributed by atoms with Crippen molar-refractivity contribution in [1.29, 1.82) is 0 Å². The first kappa shape index (κ1) is 32.6. The number of rotatable bonds is 8. The molecule has 2 aliphatic carbocycles. The number of benzene rings is 2. The molecule has 47 heavy (non-hydrogen) atoms. The van der Waals surface area contributed by atoms with E-state index in [1.807, 2.05) is 44.2 Å². The summed E-state index contributed by atoms with van der Waals surface area (Å²) in [4.78, 5) is 44.7. The molecular weight excluding hydrogens is 602 g/mol. The van der Waals surface area contributed by atoms with Gasteiger partial charge in [-0.3, -0.25) is 4.98 Å². The van der Waals surface area contributed by atoms with Gasteiger partial charge in [0.15, 0.2) is 0 Å². The quantitative estimate of drug-likeness (QED) is 0.204. The van der Waals surface area contributed by atoms with Crippen LogP contribution in [0.15, 0.2) is 91.3 Å². The largest absolute Gasteiger partial charge is 0.458 e. The number of aliphatic hydroxyl groups is 2. The molecule has 3 aliphatic rings. The smallest absolute Gasteiger partial charge is 0.340 e. The van der Waals surface area contributed by atoms with E-state index in [0.717, 1.165) is 5.56 Å². The molecule has 2 aromatic carbocycles. The second kappa shape index (κ2) is 12.3. The number of esters is 3. The molecule has 3 aromatic rings. The van der Waals surface area contributed by atoms with Gasteiger partial charge in [-0.1, -0.05) is 48.5 Å².